The highest BCUT2D eigenvalue weighted by molar-refractivity contribution is 5.95. The molecule has 3 rings (SSSR count). The summed E-state index contributed by atoms with van der Waals surface area (Å²) in [5.41, 5.74) is 6.81. The zero-order chi connectivity index (χ0) is 16.2. The van der Waals surface area contributed by atoms with Crippen molar-refractivity contribution in [2.45, 2.75) is 31.7 Å². The third-order valence-corrected chi connectivity index (χ3v) is 4.35. The van der Waals surface area contributed by atoms with Gasteiger partial charge in [-0.25, -0.2) is 0 Å². The zero-order valence-electron chi connectivity index (χ0n) is 13.6. The number of rotatable bonds is 7. The molecule has 1 aromatic rings. The summed E-state index contributed by atoms with van der Waals surface area (Å²) in [5, 5.41) is 2.79. The predicted octanol–water partition coefficient (Wildman–Crippen LogP) is 1.47. The highest BCUT2D eigenvalue weighted by Crippen LogP contribution is 2.31. The van der Waals surface area contributed by atoms with Crippen molar-refractivity contribution in [1.82, 2.24) is 5.32 Å². The number of carbonyl (C=O) groups excluding carboxylic acids is 2. The van der Waals surface area contributed by atoms with Gasteiger partial charge >= 0.3 is 0 Å². The molecule has 7 heteroatoms. The van der Waals surface area contributed by atoms with Gasteiger partial charge in [0.15, 0.2) is 6.61 Å². The van der Waals surface area contributed by atoms with E-state index in [2.05, 4.69) is 5.32 Å². The third kappa shape index (κ3) is 4.85. The Hall–Kier alpha value is -1.79. The summed E-state index contributed by atoms with van der Waals surface area (Å²) in [6, 6.07) is 7.31. The van der Waals surface area contributed by atoms with Crippen LogP contribution in [0.15, 0.2) is 24.3 Å². The van der Waals surface area contributed by atoms with Gasteiger partial charge in [-0.15, -0.1) is 12.4 Å². The Morgan fingerprint density at radius 2 is 2.04 bits per heavy atom. The normalized spacial score (nSPS) is 18.0. The Labute approximate surface area is 148 Å². The summed E-state index contributed by atoms with van der Waals surface area (Å²) >= 11 is 0. The molecule has 24 heavy (non-hydrogen) atoms. The first-order valence-electron chi connectivity index (χ1n) is 8.19. The molecule has 2 fully saturated rings. The average molecular weight is 354 g/mol. The molecule has 0 bridgehead atoms. The standard InChI is InChI=1S/C17H23N3O3.ClH/c18-15(12-3-4-12)10-19-16(21)11-23-14-7-5-13(6-8-14)20-9-1-2-17(20)22;/h5-8,12,15H,1-4,9-11,18H2,(H,19,21);1H. The SMILES string of the molecule is Cl.NC(CNC(=O)COc1ccc(N2CCCC2=O)cc1)C1CC1. The van der Waals surface area contributed by atoms with Gasteiger partial charge in [0, 0.05) is 31.2 Å². The number of hydrogen-bond acceptors (Lipinski definition) is 4. The van der Waals surface area contributed by atoms with E-state index in [0.717, 1.165) is 18.7 Å². The fourth-order valence-electron chi connectivity index (χ4n) is 2.77. The Balaban J connectivity index is 0.00000208. The molecule has 2 amide bonds. The van der Waals surface area contributed by atoms with E-state index in [1.54, 1.807) is 17.0 Å². The molecule has 1 saturated heterocycles. The molecule has 3 N–H and O–H groups in total. The third-order valence-electron chi connectivity index (χ3n) is 4.35. The first kappa shape index (κ1) is 18.5. The molecule has 1 aliphatic carbocycles. The number of nitrogens with one attached hydrogen (secondary N) is 1. The number of carbonyl (C=O) groups is 2. The molecular formula is C17H24ClN3O3. The monoisotopic (exact) mass is 353 g/mol. The van der Waals surface area contributed by atoms with Crippen molar-refractivity contribution in [3.63, 3.8) is 0 Å². The fraction of sp³-hybridized carbons (Fsp3) is 0.529. The van der Waals surface area contributed by atoms with Crippen molar-refractivity contribution in [2.75, 3.05) is 24.6 Å². The second-order valence-electron chi connectivity index (χ2n) is 6.24. The second-order valence-corrected chi connectivity index (χ2v) is 6.24. The van der Waals surface area contributed by atoms with Gasteiger partial charge in [0.1, 0.15) is 5.75 Å². The molecule has 6 nitrogen and oxygen atoms in total. The molecule has 1 aliphatic heterocycles. The maximum Gasteiger partial charge on any atom is 0.257 e. The summed E-state index contributed by atoms with van der Waals surface area (Å²) in [5.74, 6) is 1.17. The second kappa shape index (κ2) is 8.35. The Morgan fingerprint density at radius 1 is 1.33 bits per heavy atom. The Kier molecular flexibility index (Phi) is 6.45. The van der Waals surface area contributed by atoms with Crippen LogP contribution in [0.1, 0.15) is 25.7 Å². The summed E-state index contributed by atoms with van der Waals surface area (Å²) < 4.78 is 5.46. The summed E-state index contributed by atoms with van der Waals surface area (Å²) in [4.78, 5) is 25.2. The van der Waals surface area contributed by atoms with Gasteiger partial charge in [0.05, 0.1) is 0 Å². The predicted molar refractivity (Wildman–Crippen MR) is 94.5 cm³/mol. The minimum Gasteiger partial charge on any atom is -0.484 e. The average Bonchev–Trinajstić information content (AvgIpc) is 3.33. The highest BCUT2D eigenvalue weighted by atomic mass is 35.5. The van der Waals surface area contributed by atoms with Crippen LogP contribution in [0.25, 0.3) is 0 Å². The fourth-order valence-corrected chi connectivity index (χ4v) is 2.77. The van der Waals surface area contributed by atoms with Crippen molar-refractivity contribution in [3.05, 3.63) is 24.3 Å². The van der Waals surface area contributed by atoms with E-state index >= 15 is 0 Å². The van der Waals surface area contributed by atoms with Gasteiger partial charge in [-0.1, -0.05) is 0 Å². The number of hydrogen-bond donors (Lipinski definition) is 2. The number of nitrogens with two attached hydrogens (primary N) is 1. The lowest BCUT2D eigenvalue weighted by molar-refractivity contribution is -0.123. The van der Waals surface area contributed by atoms with Gasteiger partial charge in [0.25, 0.3) is 5.91 Å². The van der Waals surface area contributed by atoms with Crippen LogP contribution in [0, 0.1) is 5.92 Å². The van der Waals surface area contributed by atoms with Crippen LogP contribution >= 0.6 is 12.4 Å². The minimum atomic E-state index is -0.167. The van der Waals surface area contributed by atoms with E-state index in [9.17, 15) is 9.59 Å². The van der Waals surface area contributed by atoms with Crippen molar-refractivity contribution < 1.29 is 14.3 Å². The molecule has 132 valence electrons. The number of benzene rings is 1. The maximum atomic E-state index is 11.7. The molecule has 0 spiro atoms. The minimum absolute atomic E-state index is 0. The molecule has 0 aromatic heterocycles. The van der Waals surface area contributed by atoms with Crippen LogP contribution in [0.4, 0.5) is 5.69 Å². The van der Waals surface area contributed by atoms with Crippen LogP contribution in [0.3, 0.4) is 0 Å². The van der Waals surface area contributed by atoms with Crippen LogP contribution in [0.2, 0.25) is 0 Å². The van der Waals surface area contributed by atoms with Gasteiger partial charge in [-0.05, 0) is 49.4 Å². The largest absolute Gasteiger partial charge is 0.484 e. The Morgan fingerprint density at radius 3 is 2.62 bits per heavy atom. The summed E-state index contributed by atoms with van der Waals surface area (Å²) in [6.45, 7) is 1.24. The molecular weight excluding hydrogens is 330 g/mol. The van der Waals surface area contributed by atoms with Crippen LogP contribution in [-0.4, -0.2) is 37.6 Å². The van der Waals surface area contributed by atoms with Crippen LogP contribution < -0.4 is 20.7 Å². The molecule has 1 heterocycles. The van der Waals surface area contributed by atoms with Crippen LogP contribution in [-0.2, 0) is 9.59 Å². The first-order valence-corrected chi connectivity index (χ1v) is 8.19. The molecule has 1 atom stereocenters. The van der Waals surface area contributed by atoms with Gasteiger partial charge < -0.3 is 20.7 Å². The number of ether oxygens (including phenoxy) is 1. The van der Waals surface area contributed by atoms with E-state index in [1.807, 2.05) is 12.1 Å². The van der Waals surface area contributed by atoms with Crippen molar-refractivity contribution in [3.8, 4) is 5.75 Å². The van der Waals surface area contributed by atoms with Crippen molar-refractivity contribution >= 4 is 29.9 Å². The topological polar surface area (TPSA) is 84.7 Å². The van der Waals surface area contributed by atoms with E-state index in [1.165, 1.54) is 12.8 Å². The first-order chi connectivity index (χ1) is 11.1. The quantitative estimate of drug-likeness (QED) is 0.777. The summed E-state index contributed by atoms with van der Waals surface area (Å²) in [7, 11) is 0. The van der Waals surface area contributed by atoms with E-state index in [4.69, 9.17) is 10.5 Å². The van der Waals surface area contributed by atoms with Crippen molar-refractivity contribution in [2.24, 2.45) is 11.7 Å². The van der Waals surface area contributed by atoms with Crippen LogP contribution in [0.5, 0.6) is 5.75 Å². The molecule has 2 aliphatic rings. The number of halogens is 1. The number of amides is 2. The number of anilines is 1. The molecule has 1 aromatic carbocycles. The molecule has 0 radical (unpaired) electrons. The van der Waals surface area contributed by atoms with E-state index < -0.39 is 0 Å². The number of nitrogens with zero attached hydrogens (tertiary/aromatic N) is 1. The lowest BCUT2D eigenvalue weighted by Gasteiger charge is -2.16. The molecule has 1 saturated carbocycles. The van der Waals surface area contributed by atoms with Gasteiger partial charge in [0.2, 0.25) is 5.91 Å². The Bertz CT molecular complexity index is 575. The summed E-state index contributed by atoms with van der Waals surface area (Å²) in [6.07, 6.45) is 3.85. The highest BCUT2D eigenvalue weighted by Gasteiger charge is 2.28. The van der Waals surface area contributed by atoms with Crippen molar-refractivity contribution in [1.29, 1.82) is 0 Å². The zero-order valence-corrected chi connectivity index (χ0v) is 14.4. The van der Waals surface area contributed by atoms with E-state index in [-0.39, 0.29) is 36.9 Å². The maximum absolute atomic E-state index is 11.7. The lowest BCUT2D eigenvalue weighted by Crippen LogP contribution is -2.40. The smallest absolute Gasteiger partial charge is 0.257 e. The lowest BCUT2D eigenvalue weighted by atomic mass is 10.2. The molecule has 1 unspecified atom stereocenters. The van der Waals surface area contributed by atoms with Gasteiger partial charge in [-0.2, -0.15) is 0 Å². The van der Waals surface area contributed by atoms with Gasteiger partial charge in [-0.3, -0.25) is 9.59 Å². The van der Waals surface area contributed by atoms with E-state index in [0.29, 0.717) is 24.6 Å².